The van der Waals surface area contributed by atoms with Crippen molar-refractivity contribution in [2.24, 2.45) is 0 Å². The lowest BCUT2D eigenvalue weighted by Gasteiger charge is -2.29. The van der Waals surface area contributed by atoms with Gasteiger partial charge in [0.1, 0.15) is 0 Å². The van der Waals surface area contributed by atoms with Crippen molar-refractivity contribution in [2.75, 3.05) is 0 Å². The van der Waals surface area contributed by atoms with Gasteiger partial charge >= 0.3 is 0 Å². The van der Waals surface area contributed by atoms with Crippen LogP contribution in [0.25, 0.3) is 5.57 Å². The van der Waals surface area contributed by atoms with Crippen LogP contribution in [0, 0.1) is 0 Å². The van der Waals surface area contributed by atoms with Crippen LogP contribution in [-0.4, -0.2) is 16.6 Å². The summed E-state index contributed by atoms with van der Waals surface area (Å²) in [6.45, 7) is 13.3. The third-order valence-corrected chi connectivity index (χ3v) is 4.63. The van der Waals surface area contributed by atoms with Crippen LogP contribution in [0.15, 0.2) is 30.2 Å². The topological polar surface area (TPSA) is 18.5 Å². The number of aryl methyl sites for hydroxylation is 1. The van der Waals surface area contributed by atoms with Crippen LogP contribution >= 0.6 is 0 Å². The molecule has 0 spiro atoms. The van der Waals surface area contributed by atoms with E-state index in [0.29, 0.717) is 0 Å². The Labute approximate surface area is 125 Å². The molecule has 0 amide bonds. The summed E-state index contributed by atoms with van der Waals surface area (Å²) in [5.74, 6) is 0.813. The Hall–Kier alpha value is -1.01. The quantitative estimate of drug-likeness (QED) is 0.575. The van der Waals surface area contributed by atoms with Crippen molar-refractivity contribution in [3.8, 4) is 0 Å². The molecule has 1 aliphatic rings. The molecule has 1 aromatic carbocycles. The number of hydrogen-bond acceptors (Lipinski definition) is 2. The fourth-order valence-electron chi connectivity index (χ4n) is 2.34. The molecule has 4 heteroatoms. The molecule has 0 saturated carbocycles. The van der Waals surface area contributed by atoms with Gasteiger partial charge in [0.2, 0.25) is 16.6 Å². The van der Waals surface area contributed by atoms with Crippen molar-refractivity contribution < 1.29 is 8.85 Å². The zero-order valence-electron chi connectivity index (χ0n) is 13.5. The fraction of sp³-hybridized carbons (Fsp3) is 0.500. The molecule has 110 valence electrons. The predicted octanol–water partition coefficient (Wildman–Crippen LogP) is 5.00. The second-order valence-corrected chi connectivity index (χ2v) is 16.2. The van der Waals surface area contributed by atoms with Gasteiger partial charge in [0.05, 0.1) is 0 Å². The highest BCUT2D eigenvalue weighted by Gasteiger charge is 2.29. The van der Waals surface area contributed by atoms with E-state index < -0.39 is 16.6 Å². The maximum absolute atomic E-state index is 6.29. The zero-order chi connectivity index (χ0) is 15.0. The van der Waals surface area contributed by atoms with E-state index in [2.05, 4.69) is 63.5 Å². The van der Waals surface area contributed by atoms with Crippen LogP contribution in [0.1, 0.15) is 17.5 Å². The molecule has 0 saturated heterocycles. The molecule has 0 atom stereocenters. The van der Waals surface area contributed by atoms with Crippen molar-refractivity contribution in [1.29, 1.82) is 0 Å². The number of hydrogen-bond donors (Lipinski definition) is 0. The molecule has 0 unspecified atom stereocenters. The fourth-order valence-corrected chi connectivity index (χ4v) is 3.86. The molecular formula is C16H26O2Si2. The third-order valence-electron chi connectivity index (χ3n) is 3.03. The Morgan fingerprint density at radius 3 is 1.95 bits per heavy atom. The monoisotopic (exact) mass is 306 g/mol. The average molecular weight is 307 g/mol. The number of allylic oxidation sites excluding steroid dienone is 1. The van der Waals surface area contributed by atoms with Gasteiger partial charge in [-0.15, -0.1) is 0 Å². The van der Waals surface area contributed by atoms with Crippen LogP contribution < -0.4 is 0 Å². The van der Waals surface area contributed by atoms with Gasteiger partial charge < -0.3 is 8.85 Å². The minimum atomic E-state index is -1.67. The van der Waals surface area contributed by atoms with E-state index in [9.17, 15) is 0 Å². The van der Waals surface area contributed by atoms with Crippen LogP contribution in [-0.2, 0) is 15.3 Å². The Bertz CT molecular complexity index is 504. The highest BCUT2D eigenvalue weighted by Crippen LogP contribution is 2.36. The van der Waals surface area contributed by atoms with E-state index in [4.69, 9.17) is 8.85 Å². The Morgan fingerprint density at radius 2 is 1.40 bits per heavy atom. The maximum Gasteiger partial charge on any atom is 0.255 e. The highest BCUT2D eigenvalue weighted by atomic mass is 28.4. The molecule has 1 aliphatic carbocycles. The van der Waals surface area contributed by atoms with Crippen molar-refractivity contribution >= 4 is 22.2 Å². The molecule has 20 heavy (non-hydrogen) atoms. The first-order valence-corrected chi connectivity index (χ1v) is 14.2. The van der Waals surface area contributed by atoms with Crippen molar-refractivity contribution in [1.82, 2.24) is 0 Å². The molecule has 1 aromatic rings. The first-order chi connectivity index (χ1) is 9.16. The summed E-state index contributed by atoms with van der Waals surface area (Å²) in [6, 6.07) is 8.62. The molecule has 0 fully saturated rings. The molecule has 0 bridgehead atoms. The van der Waals surface area contributed by atoms with E-state index in [-0.39, 0.29) is 0 Å². The third kappa shape index (κ3) is 3.99. The van der Waals surface area contributed by atoms with Crippen LogP contribution in [0.4, 0.5) is 0 Å². The summed E-state index contributed by atoms with van der Waals surface area (Å²) in [5.41, 5.74) is 4.00. The van der Waals surface area contributed by atoms with E-state index in [1.807, 2.05) is 0 Å². The van der Waals surface area contributed by atoms with E-state index in [1.165, 1.54) is 16.7 Å². The minimum absolute atomic E-state index is 0.813. The molecule has 0 heterocycles. The zero-order valence-corrected chi connectivity index (χ0v) is 15.5. The first kappa shape index (κ1) is 15.4. The normalized spacial score (nSPS) is 15.0. The predicted molar refractivity (Wildman–Crippen MR) is 90.5 cm³/mol. The van der Waals surface area contributed by atoms with Gasteiger partial charge in [0, 0.05) is 5.57 Å². The standard InChI is InChI=1S/C16H26O2Si2/c1-19(2,3)17-16(18-20(4,5)6)15-12-11-13-9-7-8-10-14(13)15/h7-10H,11-12H2,1-6H3. The molecule has 0 aromatic heterocycles. The van der Waals surface area contributed by atoms with E-state index in [1.54, 1.807) is 0 Å². The molecule has 2 rings (SSSR count). The summed E-state index contributed by atoms with van der Waals surface area (Å²) in [5, 5.41) is 0. The van der Waals surface area contributed by atoms with Gasteiger partial charge in [0.15, 0.2) is 0 Å². The first-order valence-electron chi connectivity index (χ1n) is 7.35. The lowest BCUT2D eigenvalue weighted by Crippen LogP contribution is -2.32. The van der Waals surface area contributed by atoms with E-state index >= 15 is 0 Å². The SMILES string of the molecule is C[Si](C)(C)OC(O[Si](C)(C)C)=C1CCc2ccccc21. The van der Waals surface area contributed by atoms with Crippen LogP contribution in [0.2, 0.25) is 39.3 Å². The second kappa shape index (κ2) is 5.41. The average Bonchev–Trinajstić information content (AvgIpc) is 2.67. The Balaban J connectivity index is 2.43. The van der Waals surface area contributed by atoms with Crippen molar-refractivity contribution in [3.05, 3.63) is 41.3 Å². The van der Waals surface area contributed by atoms with Crippen LogP contribution in [0.5, 0.6) is 0 Å². The molecule has 2 nitrogen and oxygen atoms in total. The van der Waals surface area contributed by atoms with Gasteiger partial charge in [-0.05, 0) is 63.3 Å². The van der Waals surface area contributed by atoms with Gasteiger partial charge in [-0.2, -0.15) is 0 Å². The van der Waals surface area contributed by atoms with Crippen LogP contribution in [0.3, 0.4) is 0 Å². The van der Waals surface area contributed by atoms with Gasteiger partial charge in [0.25, 0.3) is 5.95 Å². The summed E-state index contributed by atoms with van der Waals surface area (Å²) in [7, 11) is -3.34. The second-order valence-electron chi connectivity index (χ2n) is 7.35. The summed E-state index contributed by atoms with van der Waals surface area (Å²) >= 11 is 0. The van der Waals surface area contributed by atoms with E-state index in [0.717, 1.165) is 18.8 Å². The molecule has 0 aliphatic heterocycles. The smallest absolute Gasteiger partial charge is 0.255 e. The number of rotatable bonds is 4. The maximum atomic E-state index is 6.29. The van der Waals surface area contributed by atoms with Crippen molar-refractivity contribution in [2.45, 2.75) is 52.1 Å². The Kier molecular flexibility index (Phi) is 4.16. The van der Waals surface area contributed by atoms with Gasteiger partial charge in [-0.25, -0.2) is 0 Å². The number of fused-ring (bicyclic) bond motifs is 1. The summed E-state index contributed by atoms with van der Waals surface area (Å²) in [6.07, 6.45) is 2.13. The highest BCUT2D eigenvalue weighted by molar-refractivity contribution is 6.71. The number of benzene rings is 1. The Morgan fingerprint density at radius 1 is 0.850 bits per heavy atom. The van der Waals surface area contributed by atoms with Gasteiger partial charge in [-0.3, -0.25) is 0 Å². The largest absolute Gasteiger partial charge is 0.520 e. The molecule has 0 radical (unpaired) electrons. The van der Waals surface area contributed by atoms with Gasteiger partial charge in [-0.1, -0.05) is 24.3 Å². The lowest BCUT2D eigenvalue weighted by molar-refractivity contribution is 0.218. The minimum Gasteiger partial charge on any atom is -0.520 e. The lowest BCUT2D eigenvalue weighted by atomic mass is 10.1. The van der Waals surface area contributed by atoms with Crippen molar-refractivity contribution in [3.63, 3.8) is 0 Å². The summed E-state index contributed by atoms with van der Waals surface area (Å²) < 4.78 is 12.6. The molecular weight excluding hydrogens is 280 g/mol. The molecule has 0 N–H and O–H groups in total. The summed E-state index contributed by atoms with van der Waals surface area (Å²) in [4.78, 5) is 0.